The molecule has 0 radical (unpaired) electrons. The molecule has 0 aliphatic rings. The van der Waals surface area contributed by atoms with Gasteiger partial charge in [-0.1, -0.05) is 37.3 Å². The molecule has 1 unspecified atom stereocenters. The number of hydrogen-bond acceptors (Lipinski definition) is 3. The van der Waals surface area contributed by atoms with Crippen LogP contribution in [0.4, 0.5) is 0 Å². The largest absolute Gasteiger partial charge is 0.492 e. The quantitative estimate of drug-likeness (QED) is 0.753. The Kier molecular flexibility index (Phi) is 5.94. The SMILES string of the molecule is CC(CN(C)CCOc1ccccc1)C(N)=S. The summed E-state index contributed by atoms with van der Waals surface area (Å²) in [7, 11) is 2.04. The van der Waals surface area contributed by atoms with Gasteiger partial charge in [0.1, 0.15) is 12.4 Å². The van der Waals surface area contributed by atoms with Gasteiger partial charge in [-0.25, -0.2) is 0 Å². The highest BCUT2D eigenvalue weighted by atomic mass is 32.1. The van der Waals surface area contributed by atoms with Crippen LogP contribution in [0.15, 0.2) is 30.3 Å². The Hall–Kier alpha value is -1.13. The van der Waals surface area contributed by atoms with Crippen molar-refractivity contribution in [1.29, 1.82) is 0 Å². The van der Waals surface area contributed by atoms with Crippen LogP contribution in [0.5, 0.6) is 5.75 Å². The van der Waals surface area contributed by atoms with Crippen molar-refractivity contribution < 1.29 is 4.74 Å². The Morgan fingerprint density at radius 1 is 1.41 bits per heavy atom. The van der Waals surface area contributed by atoms with E-state index in [1.54, 1.807) is 0 Å². The lowest BCUT2D eigenvalue weighted by atomic mass is 10.2. The molecule has 0 aliphatic heterocycles. The summed E-state index contributed by atoms with van der Waals surface area (Å²) in [6.45, 7) is 4.44. The van der Waals surface area contributed by atoms with Gasteiger partial charge in [0, 0.05) is 19.0 Å². The van der Waals surface area contributed by atoms with Crippen LogP contribution < -0.4 is 10.5 Å². The normalized spacial score (nSPS) is 12.4. The summed E-state index contributed by atoms with van der Waals surface area (Å²) in [6.07, 6.45) is 0. The number of nitrogens with zero attached hydrogens (tertiary/aromatic N) is 1. The maximum Gasteiger partial charge on any atom is 0.119 e. The lowest BCUT2D eigenvalue weighted by molar-refractivity contribution is 0.230. The molecule has 0 amide bonds. The van der Waals surface area contributed by atoms with E-state index >= 15 is 0 Å². The molecule has 0 bridgehead atoms. The molecular weight excluding hydrogens is 232 g/mol. The first kappa shape index (κ1) is 13.9. The van der Waals surface area contributed by atoms with Gasteiger partial charge in [-0.15, -0.1) is 0 Å². The highest BCUT2D eigenvalue weighted by Gasteiger charge is 2.08. The van der Waals surface area contributed by atoms with Crippen LogP contribution in [-0.4, -0.2) is 36.6 Å². The number of nitrogens with two attached hydrogens (primary N) is 1. The van der Waals surface area contributed by atoms with Crippen LogP contribution in [0.25, 0.3) is 0 Å². The van der Waals surface area contributed by atoms with Gasteiger partial charge >= 0.3 is 0 Å². The standard InChI is InChI=1S/C13H20N2OS/c1-11(13(14)17)10-15(2)8-9-16-12-6-4-3-5-7-12/h3-7,11H,8-10H2,1-2H3,(H2,14,17). The molecule has 1 aromatic carbocycles. The van der Waals surface area contributed by atoms with Crippen molar-refractivity contribution in [2.24, 2.45) is 11.7 Å². The zero-order chi connectivity index (χ0) is 12.7. The topological polar surface area (TPSA) is 38.5 Å². The zero-order valence-corrected chi connectivity index (χ0v) is 11.2. The van der Waals surface area contributed by atoms with Gasteiger partial charge in [0.25, 0.3) is 0 Å². The second-order valence-electron chi connectivity index (χ2n) is 4.23. The van der Waals surface area contributed by atoms with Gasteiger partial charge in [-0.05, 0) is 19.2 Å². The molecule has 0 spiro atoms. The van der Waals surface area contributed by atoms with Crippen molar-refractivity contribution in [3.8, 4) is 5.75 Å². The predicted octanol–water partition coefficient (Wildman–Crippen LogP) is 1.92. The molecule has 0 saturated heterocycles. The van der Waals surface area contributed by atoms with Crippen LogP contribution in [0.1, 0.15) is 6.92 Å². The first-order valence-electron chi connectivity index (χ1n) is 5.75. The third kappa shape index (κ3) is 5.65. The van der Waals surface area contributed by atoms with Gasteiger partial charge in [-0.2, -0.15) is 0 Å². The van der Waals surface area contributed by atoms with Crippen molar-refractivity contribution in [1.82, 2.24) is 4.90 Å². The highest BCUT2D eigenvalue weighted by Crippen LogP contribution is 2.08. The van der Waals surface area contributed by atoms with Crippen LogP contribution in [0.2, 0.25) is 0 Å². The Bertz CT molecular complexity index is 343. The van der Waals surface area contributed by atoms with E-state index in [0.29, 0.717) is 11.6 Å². The number of hydrogen-bond donors (Lipinski definition) is 1. The first-order chi connectivity index (χ1) is 8.09. The monoisotopic (exact) mass is 252 g/mol. The molecule has 0 aromatic heterocycles. The third-order valence-corrected chi connectivity index (χ3v) is 2.96. The van der Waals surface area contributed by atoms with E-state index in [9.17, 15) is 0 Å². The third-order valence-electron chi connectivity index (χ3n) is 2.56. The van der Waals surface area contributed by atoms with Gasteiger partial charge in [0.15, 0.2) is 0 Å². The Morgan fingerprint density at radius 2 is 2.06 bits per heavy atom. The molecule has 0 fully saturated rings. The van der Waals surface area contributed by atoms with Gasteiger partial charge in [0.05, 0.1) is 4.99 Å². The Balaban J connectivity index is 2.20. The van der Waals surface area contributed by atoms with E-state index in [4.69, 9.17) is 22.7 Å². The predicted molar refractivity (Wildman–Crippen MR) is 75.4 cm³/mol. The summed E-state index contributed by atoms with van der Waals surface area (Å²) >= 11 is 4.95. The smallest absolute Gasteiger partial charge is 0.119 e. The van der Waals surface area contributed by atoms with E-state index in [-0.39, 0.29) is 5.92 Å². The fourth-order valence-electron chi connectivity index (χ4n) is 1.48. The van der Waals surface area contributed by atoms with Crippen molar-refractivity contribution in [2.45, 2.75) is 6.92 Å². The molecule has 1 aromatic rings. The van der Waals surface area contributed by atoms with Crippen molar-refractivity contribution in [2.75, 3.05) is 26.7 Å². The summed E-state index contributed by atoms with van der Waals surface area (Å²) in [5.41, 5.74) is 5.58. The fraction of sp³-hybridized carbons (Fsp3) is 0.462. The Morgan fingerprint density at radius 3 is 2.65 bits per heavy atom. The second-order valence-corrected chi connectivity index (χ2v) is 4.70. The summed E-state index contributed by atoms with van der Waals surface area (Å²) < 4.78 is 5.61. The van der Waals surface area contributed by atoms with Gasteiger partial charge in [0.2, 0.25) is 0 Å². The lowest BCUT2D eigenvalue weighted by Gasteiger charge is -2.20. The van der Waals surface area contributed by atoms with Crippen LogP contribution in [0, 0.1) is 5.92 Å². The first-order valence-corrected chi connectivity index (χ1v) is 6.16. The van der Waals surface area contributed by atoms with Crippen LogP contribution >= 0.6 is 12.2 Å². The molecule has 94 valence electrons. The second kappa shape index (κ2) is 7.25. The molecule has 0 aliphatic carbocycles. The summed E-state index contributed by atoms with van der Waals surface area (Å²) in [5, 5.41) is 0. The minimum Gasteiger partial charge on any atom is -0.492 e. The van der Waals surface area contributed by atoms with Gasteiger partial charge < -0.3 is 15.4 Å². The van der Waals surface area contributed by atoms with E-state index in [0.717, 1.165) is 18.8 Å². The zero-order valence-electron chi connectivity index (χ0n) is 10.4. The summed E-state index contributed by atoms with van der Waals surface area (Å²) in [5.74, 6) is 1.15. The molecule has 4 heteroatoms. The number of thiocarbonyl (C=S) groups is 1. The minimum atomic E-state index is 0.242. The maximum absolute atomic E-state index is 5.61. The van der Waals surface area contributed by atoms with E-state index in [2.05, 4.69) is 4.90 Å². The summed E-state index contributed by atoms with van der Waals surface area (Å²) in [6, 6.07) is 9.82. The Labute approximate surface area is 109 Å². The molecular formula is C13H20N2OS. The molecule has 2 N–H and O–H groups in total. The lowest BCUT2D eigenvalue weighted by Crippen LogP contribution is -2.33. The van der Waals surface area contributed by atoms with E-state index in [1.807, 2.05) is 44.3 Å². The van der Waals surface area contributed by atoms with E-state index < -0.39 is 0 Å². The van der Waals surface area contributed by atoms with E-state index in [1.165, 1.54) is 0 Å². The van der Waals surface area contributed by atoms with Gasteiger partial charge in [-0.3, -0.25) is 0 Å². The number of rotatable bonds is 7. The highest BCUT2D eigenvalue weighted by molar-refractivity contribution is 7.80. The minimum absolute atomic E-state index is 0.242. The number of benzene rings is 1. The average Bonchev–Trinajstić information content (AvgIpc) is 2.30. The molecule has 1 atom stereocenters. The fourth-order valence-corrected chi connectivity index (χ4v) is 1.56. The molecule has 0 saturated carbocycles. The van der Waals surface area contributed by atoms with Crippen LogP contribution in [0.3, 0.4) is 0 Å². The average molecular weight is 252 g/mol. The van der Waals surface area contributed by atoms with Crippen LogP contribution in [-0.2, 0) is 0 Å². The molecule has 1 rings (SSSR count). The summed E-state index contributed by atoms with van der Waals surface area (Å²) in [4.78, 5) is 2.74. The number of ether oxygens (including phenoxy) is 1. The van der Waals surface area contributed by atoms with Crippen molar-refractivity contribution >= 4 is 17.2 Å². The maximum atomic E-state index is 5.61. The van der Waals surface area contributed by atoms with Crippen molar-refractivity contribution in [3.05, 3.63) is 30.3 Å². The number of likely N-dealkylation sites (N-methyl/N-ethyl adjacent to an activating group) is 1. The number of para-hydroxylation sites is 1. The molecule has 3 nitrogen and oxygen atoms in total. The van der Waals surface area contributed by atoms with Crippen molar-refractivity contribution in [3.63, 3.8) is 0 Å². The molecule has 17 heavy (non-hydrogen) atoms. The molecule has 0 heterocycles.